The summed E-state index contributed by atoms with van der Waals surface area (Å²) < 4.78 is 1.81. The fraction of sp³-hybridized carbons (Fsp3) is 0.0769. The van der Waals surface area contributed by atoms with Crippen LogP contribution in [0.3, 0.4) is 0 Å². The van der Waals surface area contributed by atoms with Crippen molar-refractivity contribution < 1.29 is 9.90 Å². The van der Waals surface area contributed by atoms with Gasteiger partial charge < -0.3 is 5.11 Å². The first-order valence-electron chi connectivity index (χ1n) is 5.54. The Morgan fingerprint density at radius 3 is 2.68 bits per heavy atom. The third-order valence-electron chi connectivity index (χ3n) is 2.83. The van der Waals surface area contributed by atoms with Crippen molar-refractivity contribution in [3.05, 3.63) is 46.1 Å². The molecule has 3 aromatic rings. The summed E-state index contributed by atoms with van der Waals surface area (Å²) in [5.41, 5.74) is 2.00. The van der Waals surface area contributed by atoms with Crippen LogP contribution in [0.4, 0.5) is 0 Å². The van der Waals surface area contributed by atoms with E-state index in [0.717, 1.165) is 16.1 Å². The highest BCUT2D eigenvalue weighted by molar-refractivity contribution is 7.17. The Bertz CT molecular complexity index is 774. The van der Waals surface area contributed by atoms with Gasteiger partial charge in [0, 0.05) is 16.1 Å². The van der Waals surface area contributed by atoms with Crippen molar-refractivity contribution in [2.45, 2.75) is 6.92 Å². The quantitative estimate of drug-likeness (QED) is 0.783. The molecule has 0 saturated carbocycles. The zero-order valence-electron chi connectivity index (χ0n) is 9.92. The minimum absolute atomic E-state index is 0.0569. The molecule has 3 rings (SSSR count). The maximum atomic E-state index is 11.0. The van der Waals surface area contributed by atoms with Crippen LogP contribution in [-0.2, 0) is 0 Å². The van der Waals surface area contributed by atoms with Gasteiger partial charge in [0.25, 0.3) is 0 Å². The normalized spacial score (nSPS) is 11.1. The molecule has 0 fully saturated rings. The zero-order chi connectivity index (χ0) is 13.6. The summed E-state index contributed by atoms with van der Waals surface area (Å²) >= 11 is 7.35. The van der Waals surface area contributed by atoms with Gasteiger partial charge in [-0.05, 0) is 24.6 Å². The van der Waals surface area contributed by atoms with Crippen molar-refractivity contribution in [2.24, 2.45) is 0 Å². The van der Waals surface area contributed by atoms with Gasteiger partial charge in [0.1, 0.15) is 0 Å². The predicted octanol–water partition coefficient (Wildman–Crippen LogP) is 3.72. The van der Waals surface area contributed by atoms with E-state index in [2.05, 4.69) is 4.98 Å². The smallest absolute Gasteiger partial charge is 0.356 e. The lowest BCUT2D eigenvalue weighted by Gasteiger charge is -2.02. The summed E-state index contributed by atoms with van der Waals surface area (Å²) in [6.45, 7) is 1.99. The minimum Gasteiger partial charge on any atom is -0.476 e. The first-order chi connectivity index (χ1) is 9.06. The van der Waals surface area contributed by atoms with Crippen LogP contribution in [-0.4, -0.2) is 20.5 Å². The van der Waals surface area contributed by atoms with Gasteiger partial charge in [-0.1, -0.05) is 23.7 Å². The number of carboxylic acids is 1. The molecule has 0 spiro atoms. The summed E-state index contributed by atoms with van der Waals surface area (Å²) in [5.74, 6) is -1.02. The first kappa shape index (κ1) is 12.2. The second-order valence-corrected chi connectivity index (χ2v) is 5.72. The number of hydrogen-bond donors (Lipinski definition) is 1. The van der Waals surface area contributed by atoms with E-state index in [0.29, 0.717) is 9.98 Å². The van der Waals surface area contributed by atoms with Crippen LogP contribution >= 0.6 is 22.9 Å². The number of fused-ring (bicyclic) bond motifs is 1. The predicted molar refractivity (Wildman–Crippen MR) is 75.2 cm³/mol. The highest BCUT2D eigenvalue weighted by Crippen LogP contribution is 2.31. The molecule has 0 aliphatic rings. The first-order valence-corrected chi connectivity index (χ1v) is 6.73. The average molecular weight is 293 g/mol. The van der Waals surface area contributed by atoms with Crippen LogP contribution in [0.1, 0.15) is 15.4 Å². The van der Waals surface area contributed by atoms with E-state index < -0.39 is 5.97 Å². The van der Waals surface area contributed by atoms with Crippen LogP contribution < -0.4 is 0 Å². The molecule has 1 aromatic carbocycles. The largest absolute Gasteiger partial charge is 0.476 e. The fourth-order valence-corrected chi connectivity index (χ4v) is 3.10. The maximum absolute atomic E-state index is 11.0. The molecule has 19 heavy (non-hydrogen) atoms. The third kappa shape index (κ3) is 2.01. The maximum Gasteiger partial charge on any atom is 0.356 e. The molecule has 0 bridgehead atoms. The van der Waals surface area contributed by atoms with Gasteiger partial charge in [0.05, 0.1) is 5.69 Å². The molecule has 1 N–H and O–H groups in total. The van der Waals surface area contributed by atoms with Crippen molar-refractivity contribution in [3.8, 4) is 11.3 Å². The molecule has 0 unspecified atom stereocenters. The number of nitrogens with zero attached hydrogens (tertiary/aromatic N) is 2. The van der Waals surface area contributed by atoms with Crippen molar-refractivity contribution >= 4 is 33.9 Å². The van der Waals surface area contributed by atoms with Crippen molar-refractivity contribution in [1.82, 2.24) is 9.38 Å². The number of carboxylic acid groups (broad SMARTS) is 1. The van der Waals surface area contributed by atoms with E-state index in [1.807, 2.05) is 35.6 Å². The number of halogens is 1. The minimum atomic E-state index is -1.02. The van der Waals surface area contributed by atoms with Gasteiger partial charge in [0.2, 0.25) is 0 Å². The summed E-state index contributed by atoms with van der Waals surface area (Å²) in [6.07, 6.45) is 1.55. The van der Waals surface area contributed by atoms with E-state index >= 15 is 0 Å². The number of aryl methyl sites for hydroxylation is 1. The van der Waals surface area contributed by atoms with E-state index in [4.69, 9.17) is 16.7 Å². The Kier molecular flexibility index (Phi) is 2.80. The number of carbonyl (C=O) groups is 1. The number of rotatable bonds is 2. The monoisotopic (exact) mass is 292 g/mol. The number of hydrogen-bond acceptors (Lipinski definition) is 3. The molecule has 0 aliphatic carbocycles. The SMILES string of the molecule is Cc1sc2nc(C(=O)O)cn2c1-c1ccc(Cl)cc1. The van der Waals surface area contributed by atoms with Gasteiger partial charge in [-0.3, -0.25) is 4.40 Å². The Labute approximate surface area is 117 Å². The lowest BCUT2D eigenvalue weighted by atomic mass is 10.1. The second-order valence-electron chi connectivity index (χ2n) is 4.10. The Morgan fingerprint density at radius 2 is 2.05 bits per heavy atom. The van der Waals surface area contributed by atoms with E-state index in [1.165, 1.54) is 11.3 Å². The van der Waals surface area contributed by atoms with Crippen LogP contribution in [0.15, 0.2) is 30.5 Å². The van der Waals surface area contributed by atoms with E-state index in [9.17, 15) is 4.79 Å². The molecule has 0 amide bonds. The molecular weight excluding hydrogens is 284 g/mol. The van der Waals surface area contributed by atoms with Crippen LogP contribution in [0.5, 0.6) is 0 Å². The Morgan fingerprint density at radius 1 is 1.37 bits per heavy atom. The van der Waals surface area contributed by atoms with Gasteiger partial charge in [-0.2, -0.15) is 0 Å². The standard InChI is InChI=1S/C13H9ClN2O2S/c1-7-11(8-2-4-9(14)5-3-8)16-6-10(12(17)18)15-13(16)19-7/h2-6H,1H3,(H,17,18). The molecule has 96 valence electrons. The number of thiazole rings is 1. The van der Waals surface area contributed by atoms with Gasteiger partial charge in [0.15, 0.2) is 10.7 Å². The topological polar surface area (TPSA) is 54.6 Å². The van der Waals surface area contributed by atoms with Crippen molar-refractivity contribution in [3.63, 3.8) is 0 Å². The Balaban J connectivity index is 2.24. The second kappa shape index (κ2) is 4.36. The molecule has 6 heteroatoms. The lowest BCUT2D eigenvalue weighted by Crippen LogP contribution is -1.95. The molecule has 4 nitrogen and oxygen atoms in total. The summed E-state index contributed by atoms with van der Waals surface area (Å²) in [5, 5.41) is 9.65. The molecule has 0 radical (unpaired) electrons. The van der Waals surface area contributed by atoms with Crippen LogP contribution in [0, 0.1) is 6.92 Å². The molecule has 2 heterocycles. The number of aromatic nitrogens is 2. The average Bonchev–Trinajstić information content (AvgIpc) is 2.87. The van der Waals surface area contributed by atoms with E-state index in [-0.39, 0.29) is 5.69 Å². The van der Waals surface area contributed by atoms with Crippen LogP contribution in [0.2, 0.25) is 5.02 Å². The van der Waals surface area contributed by atoms with Gasteiger partial charge in [-0.15, -0.1) is 11.3 Å². The zero-order valence-corrected chi connectivity index (χ0v) is 11.5. The lowest BCUT2D eigenvalue weighted by molar-refractivity contribution is 0.0691. The van der Waals surface area contributed by atoms with Crippen molar-refractivity contribution in [2.75, 3.05) is 0 Å². The van der Waals surface area contributed by atoms with Gasteiger partial charge >= 0.3 is 5.97 Å². The van der Waals surface area contributed by atoms with Crippen molar-refractivity contribution in [1.29, 1.82) is 0 Å². The summed E-state index contributed by atoms with van der Waals surface area (Å²) in [7, 11) is 0. The summed E-state index contributed by atoms with van der Waals surface area (Å²) in [4.78, 5) is 16.8. The third-order valence-corrected chi connectivity index (χ3v) is 4.05. The fourth-order valence-electron chi connectivity index (χ4n) is 2.00. The Hall–Kier alpha value is -1.85. The number of imidazole rings is 1. The molecule has 0 atom stereocenters. The summed E-state index contributed by atoms with van der Waals surface area (Å²) in [6, 6.07) is 7.46. The van der Waals surface area contributed by atoms with Gasteiger partial charge in [-0.25, -0.2) is 9.78 Å². The number of benzene rings is 1. The highest BCUT2D eigenvalue weighted by atomic mass is 35.5. The molecule has 0 saturated heterocycles. The van der Waals surface area contributed by atoms with E-state index in [1.54, 1.807) is 6.20 Å². The number of aromatic carboxylic acids is 1. The highest BCUT2D eigenvalue weighted by Gasteiger charge is 2.16. The molecular formula is C13H9ClN2O2S. The van der Waals surface area contributed by atoms with Crippen LogP contribution in [0.25, 0.3) is 16.2 Å². The molecule has 0 aliphatic heterocycles. The molecule has 2 aromatic heterocycles.